The van der Waals surface area contributed by atoms with E-state index in [1.807, 2.05) is 13.8 Å². The zero-order valence-corrected chi connectivity index (χ0v) is 7.98. The van der Waals surface area contributed by atoms with Gasteiger partial charge < -0.3 is 4.65 Å². The van der Waals surface area contributed by atoms with Crippen LogP contribution in [0.2, 0.25) is 0 Å². The second kappa shape index (κ2) is 6.33. The molecule has 0 saturated carbocycles. The Morgan fingerprint density at radius 3 is 2.62 bits per heavy atom. The van der Waals surface area contributed by atoms with Crippen LogP contribution in [0, 0.1) is 0 Å². The minimum Gasteiger partial charge on any atom is -0.426 e. The first-order valence-corrected chi connectivity index (χ1v) is 6.24. The van der Waals surface area contributed by atoms with Crippen molar-refractivity contribution in [1.29, 1.82) is 0 Å². The topological polar surface area (TPSA) is 9.23 Å². The van der Waals surface area contributed by atoms with Gasteiger partial charge in [0.1, 0.15) is 0 Å². The van der Waals surface area contributed by atoms with E-state index in [9.17, 15) is 0 Å². The standard InChI is InChI=1S/C3H7BBrOS2/c1-3(2)6-4-7-8-5/h3H,1-2H3. The average molecular weight is 214 g/mol. The van der Waals surface area contributed by atoms with Crippen molar-refractivity contribution in [3.63, 3.8) is 0 Å². The fourth-order valence-corrected chi connectivity index (χ4v) is 1.23. The third kappa shape index (κ3) is 7.20. The number of rotatable bonds is 4. The van der Waals surface area contributed by atoms with Gasteiger partial charge in [-0.25, -0.2) is 0 Å². The molecule has 0 spiro atoms. The average Bonchev–Trinajstić information content (AvgIpc) is 1.66. The molecule has 47 valence electrons. The fraction of sp³-hybridized carbons (Fsp3) is 1.00. The van der Waals surface area contributed by atoms with Gasteiger partial charge in [0.25, 0.3) is 0 Å². The predicted molar refractivity (Wildman–Crippen MR) is 46.1 cm³/mol. The predicted octanol–water partition coefficient (Wildman–Crippen LogP) is 2.64. The smallest absolute Gasteiger partial charge is 0.384 e. The third-order valence-corrected chi connectivity index (χ3v) is 2.49. The lowest BCUT2D eigenvalue weighted by atomic mass is 10.4. The maximum atomic E-state index is 5.07. The first-order valence-electron chi connectivity index (χ1n) is 2.18. The summed E-state index contributed by atoms with van der Waals surface area (Å²) in [6.07, 6.45) is 0.294. The summed E-state index contributed by atoms with van der Waals surface area (Å²) in [7, 11) is 3.01. The molecule has 0 atom stereocenters. The lowest BCUT2D eigenvalue weighted by Gasteiger charge is -2.01. The van der Waals surface area contributed by atoms with Crippen molar-refractivity contribution in [2.75, 3.05) is 0 Å². The summed E-state index contributed by atoms with van der Waals surface area (Å²) in [5.74, 6) is 0. The highest BCUT2D eigenvalue weighted by Gasteiger charge is 1.94. The summed E-state index contributed by atoms with van der Waals surface area (Å²) in [5, 5.41) is 0. The molecule has 5 heteroatoms. The molecule has 0 aliphatic carbocycles. The summed E-state index contributed by atoms with van der Waals surface area (Å²) < 4.78 is 5.07. The van der Waals surface area contributed by atoms with Gasteiger partial charge in [0.2, 0.25) is 0 Å². The largest absolute Gasteiger partial charge is 0.426 e. The molecule has 0 aromatic rings. The first kappa shape index (κ1) is 9.20. The molecule has 0 fully saturated rings. The second-order valence-electron chi connectivity index (χ2n) is 1.44. The zero-order chi connectivity index (χ0) is 6.41. The monoisotopic (exact) mass is 213 g/mol. The molecule has 0 aromatic carbocycles. The van der Waals surface area contributed by atoms with Gasteiger partial charge in [0, 0.05) is 20.9 Å². The van der Waals surface area contributed by atoms with E-state index < -0.39 is 0 Å². The highest BCUT2D eigenvalue weighted by Crippen LogP contribution is 2.26. The van der Waals surface area contributed by atoms with Crippen LogP contribution in [-0.2, 0) is 4.65 Å². The molecule has 0 heterocycles. The minimum absolute atomic E-state index is 0.294. The van der Waals surface area contributed by atoms with Crippen LogP contribution in [0.15, 0.2) is 0 Å². The van der Waals surface area contributed by atoms with E-state index in [0.717, 1.165) is 0 Å². The van der Waals surface area contributed by atoms with Crippen LogP contribution in [-0.4, -0.2) is 12.9 Å². The Hall–Kier alpha value is 1.20. The fourth-order valence-electron chi connectivity index (χ4n) is 0.149. The Morgan fingerprint density at radius 2 is 2.25 bits per heavy atom. The maximum absolute atomic E-state index is 5.07. The van der Waals surface area contributed by atoms with E-state index >= 15 is 0 Å². The molecule has 1 radical (unpaired) electrons. The summed E-state index contributed by atoms with van der Waals surface area (Å²) >= 11 is 3.17. The Kier molecular flexibility index (Phi) is 7.28. The van der Waals surface area contributed by atoms with Crippen molar-refractivity contribution in [1.82, 2.24) is 0 Å². The van der Waals surface area contributed by atoms with E-state index in [1.54, 1.807) is 6.76 Å². The van der Waals surface area contributed by atoms with Crippen molar-refractivity contribution in [2.24, 2.45) is 0 Å². The summed E-state index contributed by atoms with van der Waals surface area (Å²) in [5.41, 5.74) is 0. The van der Waals surface area contributed by atoms with Crippen molar-refractivity contribution in [3.05, 3.63) is 0 Å². The molecule has 0 saturated heterocycles. The van der Waals surface area contributed by atoms with Gasteiger partial charge >= 0.3 is 6.76 Å². The van der Waals surface area contributed by atoms with Crippen LogP contribution in [0.1, 0.15) is 13.8 Å². The summed E-state index contributed by atoms with van der Waals surface area (Å²) in [4.78, 5) is 0. The molecule has 0 unspecified atom stereocenters. The Morgan fingerprint density at radius 1 is 1.62 bits per heavy atom. The molecule has 1 nitrogen and oxygen atoms in total. The van der Waals surface area contributed by atoms with Crippen LogP contribution < -0.4 is 0 Å². The Balaban J connectivity index is 2.72. The van der Waals surface area contributed by atoms with E-state index in [-0.39, 0.29) is 0 Å². The lowest BCUT2D eigenvalue weighted by molar-refractivity contribution is 0.264. The number of hydrogen-bond acceptors (Lipinski definition) is 3. The minimum atomic E-state index is 0.294. The van der Waals surface area contributed by atoms with Gasteiger partial charge in [-0.2, -0.15) is 0 Å². The van der Waals surface area contributed by atoms with Crippen LogP contribution >= 0.6 is 34.7 Å². The Labute approximate surface area is 66.1 Å². The molecule has 0 bridgehead atoms. The highest BCUT2D eigenvalue weighted by atomic mass is 79.9. The highest BCUT2D eigenvalue weighted by molar-refractivity contribution is 9.62. The maximum Gasteiger partial charge on any atom is 0.384 e. The van der Waals surface area contributed by atoms with Crippen molar-refractivity contribution in [2.45, 2.75) is 20.0 Å². The van der Waals surface area contributed by atoms with Gasteiger partial charge in [-0.1, -0.05) is 0 Å². The van der Waals surface area contributed by atoms with E-state index in [4.69, 9.17) is 4.65 Å². The second-order valence-corrected chi connectivity index (χ2v) is 5.29. The van der Waals surface area contributed by atoms with Gasteiger partial charge in [-0.3, -0.25) is 0 Å². The zero-order valence-electron chi connectivity index (χ0n) is 4.76. The van der Waals surface area contributed by atoms with E-state index in [0.29, 0.717) is 6.10 Å². The van der Waals surface area contributed by atoms with Crippen LogP contribution in [0.25, 0.3) is 0 Å². The molecule has 0 aromatic heterocycles. The van der Waals surface area contributed by atoms with Crippen molar-refractivity contribution >= 4 is 41.4 Å². The Bertz CT molecular complexity index is 54.5. The van der Waals surface area contributed by atoms with Crippen molar-refractivity contribution in [3.8, 4) is 0 Å². The SMILES string of the molecule is CC(C)O[B]SSBr. The van der Waals surface area contributed by atoms with Gasteiger partial charge in [-0.15, -0.1) is 10.6 Å². The summed E-state index contributed by atoms with van der Waals surface area (Å²) in [6, 6.07) is 0. The molecule has 0 amide bonds. The lowest BCUT2D eigenvalue weighted by Crippen LogP contribution is -2.02. The number of halogens is 1. The molecule has 0 N–H and O–H groups in total. The van der Waals surface area contributed by atoms with Crippen LogP contribution in [0.5, 0.6) is 0 Å². The van der Waals surface area contributed by atoms with Gasteiger partial charge in [0.15, 0.2) is 0 Å². The first-order chi connectivity index (χ1) is 3.77. The molecule has 0 aliphatic rings. The van der Waals surface area contributed by atoms with Crippen molar-refractivity contribution < 1.29 is 4.65 Å². The van der Waals surface area contributed by atoms with E-state index in [1.165, 1.54) is 19.9 Å². The normalized spacial score (nSPS) is 10.0. The van der Waals surface area contributed by atoms with Crippen LogP contribution in [0.4, 0.5) is 0 Å². The molecule has 8 heavy (non-hydrogen) atoms. The van der Waals surface area contributed by atoms with Gasteiger partial charge in [0.05, 0.1) is 0 Å². The molecule has 0 aliphatic heterocycles. The molecular formula is C3H7BBrOS2. The third-order valence-electron chi connectivity index (χ3n) is 0.403. The van der Waals surface area contributed by atoms with Crippen LogP contribution in [0.3, 0.4) is 0 Å². The summed E-state index contributed by atoms with van der Waals surface area (Å²) in [6.45, 7) is 5.70. The molecule has 0 rings (SSSR count). The quantitative estimate of drug-likeness (QED) is 0.404. The molecular weight excluding hydrogens is 207 g/mol. The van der Waals surface area contributed by atoms with E-state index in [2.05, 4.69) is 14.8 Å². The number of hydrogen-bond donors (Lipinski definition) is 0. The van der Waals surface area contributed by atoms with Gasteiger partial charge in [-0.05, 0) is 23.1 Å².